The zero-order valence-corrected chi connectivity index (χ0v) is 29.3. The van der Waals surface area contributed by atoms with Crippen LogP contribution in [-0.4, -0.2) is 66.9 Å². The molecular formula is C35H49N7O5. The van der Waals surface area contributed by atoms with Crippen molar-refractivity contribution in [1.82, 2.24) is 19.5 Å². The highest BCUT2D eigenvalue weighted by atomic mass is 16.6. The highest BCUT2D eigenvalue weighted by Crippen LogP contribution is 2.35. The van der Waals surface area contributed by atoms with Crippen molar-refractivity contribution in [3.8, 4) is 0 Å². The first kappa shape index (κ1) is 35.2. The summed E-state index contributed by atoms with van der Waals surface area (Å²) in [4.78, 5) is 47.5. The lowest BCUT2D eigenvalue weighted by Gasteiger charge is -2.45. The summed E-state index contributed by atoms with van der Waals surface area (Å²) in [5.41, 5.74) is 0.567. The Kier molecular flexibility index (Phi) is 9.94. The van der Waals surface area contributed by atoms with E-state index >= 15 is 0 Å². The molecule has 1 saturated heterocycles. The van der Waals surface area contributed by atoms with Crippen LogP contribution in [0.25, 0.3) is 5.65 Å². The van der Waals surface area contributed by atoms with Gasteiger partial charge in [-0.25, -0.2) is 19.5 Å². The average Bonchev–Trinajstić information content (AvgIpc) is 3.37. The van der Waals surface area contributed by atoms with E-state index in [-0.39, 0.29) is 24.0 Å². The molecule has 1 aliphatic heterocycles. The Morgan fingerprint density at radius 1 is 1.09 bits per heavy atom. The molecule has 3 heterocycles. The molecular weight excluding hydrogens is 598 g/mol. The van der Waals surface area contributed by atoms with Crippen molar-refractivity contribution in [3.63, 3.8) is 0 Å². The fourth-order valence-electron chi connectivity index (χ4n) is 5.35. The van der Waals surface area contributed by atoms with Gasteiger partial charge in [-0.3, -0.25) is 4.79 Å². The molecule has 12 heteroatoms. The van der Waals surface area contributed by atoms with Gasteiger partial charge in [-0.1, -0.05) is 26.5 Å². The lowest BCUT2D eigenvalue weighted by atomic mass is 9.88. The van der Waals surface area contributed by atoms with Crippen LogP contribution in [0.15, 0.2) is 49.2 Å². The Morgan fingerprint density at radius 2 is 1.77 bits per heavy atom. The molecule has 4 rings (SSSR count). The third-order valence-corrected chi connectivity index (χ3v) is 7.67. The number of anilines is 4. The summed E-state index contributed by atoms with van der Waals surface area (Å²) in [6.07, 6.45) is 3.45. The van der Waals surface area contributed by atoms with Crippen molar-refractivity contribution in [2.45, 2.75) is 111 Å². The lowest BCUT2D eigenvalue weighted by Crippen LogP contribution is -2.57. The molecule has 1 aliphatic rings. The third-order valence-electron chi connectivity index (χ3n) is 7.67. The number of carbonyl (C=O) groups excluding carboxylic acids is 3. The van der Waals surface area contributed by atoms with E-state index in [1.807, 2.05) is 34.6 Å². The number of aromatic nitrogens is 3. The van der Waals surface area contributed by atoms with E-state index in [0.717, 1.165) is 18.4 Å². The highest BCUT2D eigenvalue weighted by Gasteiger charge is 2.40. The van der Waals surface area contributed by atoms with Gasteiger partial charge in [0.15, 0.2) is 5.65 Å². The van der Waals surface area contributed by atoms with Crippen LogP contribution >= 0.6 is 0 Å². The number of nitrogens with zero attached hydrogens (tertiary/aromatic N) is 5. The van der Waals surface area contributed by atoms with Crippen LogP contribution in [0.4, 0.5) is 32.6 Å². The number of nitrogens with one attached hydrogen (secondary N) is 2. The van der Waals surface area contributed by atoms with Gasteiger partial charge in [0.05, 0.1) is 11.9 Å². The maximum Gasteiger partial charge on any atom is 0.420 e. The number of hydrogen-bond donors (Lipinski definition) is 2. The van der Waals surface area contributed by atoms with E-state index in [9.17, 15) is 14.4 Å². The zero-order valence-electron chi connectivity index (χ0n) is 29.3. The number of likely N-dealkylation sites (tertiary alicyclic amines) is 1. The van der Waals surface area contributed by atoms with E-state index in [0.29, 0.717) is 35.2 Å². The summed E-state index contributed by atoms with van der Waals surface area (Å²) in [6.45, 7) is 23.1. The maximum atomic E-state index is 14.0. The molecule has 1 atom stereocenters. The fourth-order valence-corrected chi connectivity index (χ4v) is 5.35. The first-order valence-corrected chi connectivity index (χ1v) is 16.0. The Balaban J connectivity index is 1.82. The molecule has 0 aliphatic carbocycles. The number of amides is 3. The molecule has 0 saturated carbocycles. The Morgan fingerprint density at radius 3 is 2.38 bits per heavy atom. The van der Waals surface area contributed by atoms with Crippen LogP contribution in [0, 0.1) is 0 Å². The van der Waals surface area contributed by atoms with Gasteiger partial charge < -0.3 is 25.0 Å². The van der Waals surface area contributed by atoms with Gasteiger partial charge in [-0.05, 0) is 98.4 Å². The molecule has 254 valence electrons. The SMILES string of the molecule is C=CC(=O)Nc1cccc(N(C(=O)OC(C)(C)C)c2cc(N[C@@H]3CCC(C)(C)N(C(=O)OC(C)(C)C)C3)nc3c(C(C)C)cnn23)c1. The number of ether oxygens (including phenoxy) is 2. The monoisotopic (exact) mass is 647 g/mol. The van der Waals surface area contributed by atoms with Crippen molar-refractivity contribution in [2.24, 2.45) is 0 Å². The largest absolute Gasteiger partial charge is 0.444 e. The van der Waals surface area contributed by atoms with Crippen molar-refractivity contribution < 1.29 is 23.9 Å². The normalized spacial score (nSPS) is 16.5. The molecule has 0 radical (unpaired) electrons. The second-order valence-corrected chi connectivity index (χ2v) is 14.8. The molecule has 0 bridgehead atoms. The van der Waals surface area contributed by atoms with Crippen LogP contribution in [0.1, 0.15) is 93.6 Å². The number of fused-ring (bicyclic) bond motifs is 1. The molecule has 2 aromatic heterocycles. The standard InChI is InChI=1S/C35H49N7O5/c1-12-28(43)38-23-14-13-15-25(18-23)41(32(45)47-34(7,8)9)29-19-27(39-30-26(22(2)3)20-36-42(29)30)37-24-16-17-35(10,11)40(21-24)31(44)46-33(4,5)6/h12-15,18-20,22,24H,1,16-17,21H2,2-11H3,(H,37,39)(H,38,43)/t24-/m1/s1. The van der Waals surface area contributed by atoms with E-state index < -0.39 is 22.8 Å². The number of piperidine rings is 1. The van der Waals surface area contributed by atoms with Crippen LogP contribution in [0.5, 0.6) is 0 Å². The predicted octanol–water partition coefficient (Wildman–Crippen LogP) is 7.64. The summed E-state index contributed by atoms with van der Waals surface area (Å²) in [5, 5.41) is 11.0. The summed E-state index contributed by atoms with van der Waals surface area (Å²) in [7, 11) is 0. The summed E-state index contributed by atoms with van der Waals surface area (Å²) < 4.78 is 13.3. The van der Waals surface area contributed by atoms with Gasteiger partial charge in [-0.15, -0.1) is 0 Å². The van der Waals surface area contributed by atoms with Gasteiger partial charge in [0.1, 0.15) is 22.8 Å². The smallest absolute Gasteiger partial charge is 0.420 e. The topological polar surface area (TPSA) is 130 Å². The summed E-state index contributed by atoms with van der Waals surface area (Å²) in [5.74, 6) is 0.599. The number of rotatable bonds is 7. The van der Waals surface area contributed by atoms with Crippen molar-refractivity contribution in [3.05, 3.63) is 54.7 Å². The van der Waals surface area contributed by atoms with Gasteiger partial charge in [0.25, 0.3) is 0 Å². The number of carbonyl (C=O) groups is 3. The first-order valence-electron chi connectivity index (χ1n) is 16.0. The second kappa shape index (κ2) is 13.2. The lowest BCUT2D eigenvalue weighted by molar-refractivity contribution is -0.111. The quantitative estimate of drug-likeness (QED) is 0.250. The van der Waals surface area contributed by atoms with E-state index in [4.69, 9.17) is 14.5 Å². The van der Waals surface area contributed by atoms with Gasteiger partial charge >= 0.3 is 12.2 Å². The molecule has 47 heavy (non-hydrogen) atoms. The maximum absolute atomic E-state index is 14.0. The van der Waals surface area contributed by atoms with Crippen LogP contribution in [0.2, 0.25) is 0 Å². The molecule has 3 amide bonds. The fraction of sp³-hybridized carbons (Fsp3) is 0.514. The van der Waals surface area contributed by atoms with Crippen molar-refractivity contribution >= 4 is 46.8 Å². The first-order chi connectivity index (χ1) is 21.8. The summed E-state index contributed by atoms with van der Waals surface area (Å²) in [6, 6.07) is 8.50. The van der Waals surface area contributed by atoms with Crippen LogP contribution < -0.4 is 15.5 Å². The Labute approximate surface area is 277 Å². The Hall–Kier alpha value is -4.61. The minimum Gasteiger partial charge on any atom is -0.444 e. The van der Waals surface area contributed by atoms with E-state index in [1.165, 1.54) is 11.0 Å². The molecule has 2 N–H and O–H groups in total. The third kappa shape index (κ3) is 8.60. The molecule has 1 aromatic carbocycles. The average molecular weight is 648 g/mol. The number of hydrogen-bond acceptors (Lipinski definition) is 8. The van der Waals surface area contributed by atoms with E-state index in [1.54, 1.807) is 66.7 Å². The van der Waals surface area contributed by atoms with Crippen molar-refractivity contribution in [1.29, 1.82) is 0 Å². The van der Waals surface area contributed by atoms with Gasteiger partial charge in [0.2, 0.25) is 5.91 Å². The minimum atomic E-state index is -0.801. The predicted molar refractivity (Wildman–Crippen MR) is 184 cm³/mol. The van der Waals surface area contributed by atoms with Crippen molar-refractivity contribution in [2.75, 3.05) is 22.1 Å². The van der Waals surface area contributed by atoms with Crippen LogP contribution in [-0.2, 0) is 14.3 Å². The van der Waals surface area contributed by atoms with E-state index in [2.05, 4.69) is 36.2 Å². The second-order valence-electron chi connectivity index (χ2n) is 14.8. The minimum absolute atomic E-state index is 0.0914. The molecule has 3 aromatic rings. The Bertz CT molecular complexity index is 1650. The number of benzene rings is 1. The molecule has 1 fully saturated rings. The highest BCUT2D eigenvalue weighted by molar-refractivity contribution is 6.01. The van der Waals surface area contributed by atoms with Gasteiger partial charge in [0, 0.05) is 35.4 Å². The summed E-state index contributed by atoms with van der Waals surface area (Å²) >= 11 is 0. The van der Waals surface area contributed by atoms with Crippen LogP contribution in [0.3, 0.4) is 0 Å². The molecule has 0 spiro atoms. The van der Waals surface area contributed by atoms with Gasteiger partial charge in [-0.2, -0.15) is 9.61 Å². The zero-order chi connectivity index (χ0) is 34.9. The molecule has 12 nitrogen and oxygen atoms in total. The molecule has 0 unspecified atom stereocenters.